The van der Waals surface area contributed by atoms with E-state index in [1.807, 2.05) is 13.0 Å². The first-order valence-electron chi connectivity index (χ1n) is 9.39. The molecule has 29 heavy (non-hydrogen) atoms. The summed E-state index contributed by atoms with van der Waals surface area (Å²) in [5, 5.41) is 0.0686. The lowest BCUT2D eigenvalue weighted by Crippen LogP contribution is -2.11. The smallest absolute Gasteiger partial charge is 0.338 e. The summed E-state index contributed by atoms with van der Waals surface area (Å²) in [6.07, 6.45) is 1.53. The zero-order valence-electron chi connectivity index (χ0n) is 16.9. The number of carbonyl (C=O) groups excluding carboxylic acids is 3. The van der Waals surface area contributed by atoms with Gasteiger partial charge in [-0.05, 0) is 74.6 Å². The van der Waals surface area contributed by atoms with Gasteiger partial charge in [0.15, 0.2) is 5.78 Å². The normalized spacial score (nSPS) is 11.7. The molecule has 0 aromatic heterocycles. The van der Waals surface area contributed by atoms with Crippen LogP contribution >= 0.6 is 11.8 Å². The Bertz CT molecular complexity index is 877. The molecule has 0 N–H and O–H groups in total. The van der Waals surface area contributed by atoms with E-state index in [1.54, 1.807) is 43.0 Å². The summed E-state index contributed by atoms with van der Waals surface area (Å²) in [6.45, 7) is 4.62. The summed E-state index contributed by atoms with van der Waals surface area (Å²) >= 11 is 1.55. The first-order valence-corrected chi connectivity index (χ1v) is 10.4. The highest BCUT2D eigenvalue weighted by Gasteiger charge is 2.15. The van der Waals surface area contributed by atoms with E-state index in [2.05, 4.69) is 0 Å². The molecule has 1 unspecified atom stereocenters. The third-order valence-corrected chi connectivity index (χ3v) is 5.87. The highest BCUT2D eigenvalue weighted by atomic mass is 32.2. The minimum atomic E-state index is -0.518. The molecule has 154 valence electrons. The SMILES string of the molecule is CC(=O)COC(=O)c1ccc(CCC(SCC(C)=O)c2ccc(F)cc2)c(C)c1. The van der Waals surface area contributed by atoms with Gasteiger partial charge in [-0.15, -0.1) is 11.8 Å². The number of rotatable bonds is 10. The Balaban J connectivity index is 2.07. The molecule has 0 saturated heterocycles. The number of esters is 1. The van der Waals surface area contributed by atoms with E-state index in [4.69, 9.17) is 4.74 Å². The molecule has 0 heterocycles. The zero-order chi connectivity index (χ0) is 21.4. The van der Waals surface area contributed by atoms with Gasteiger partial charge in [0.05, 0.1) is 11.3 Å². The van der Waals surface area contributed by atoms with Crippen molar-refractivity contribution in [1.29, 1.82) is 0 Å². The number of benzene rings is 2. The fourth-order valence-electron chi connectivity index (χ4n) is 2.88. The Labute approximate surface area is 174 Å². The number of carbonyl (C=O) groups is 3. The second-order valence-electron chi connectivity index (χ2n) is 7.01. The second-order valence-corrected chi connectivity index (χ2v) is 8.20. The molecule has 0 fully saturated rings. The number of ketones is 2. The van der Waals surface area contributed by atoms with E-state index >= 15 is 0 Å². The van der Waals surface area contributed by atoms with Crippen molar-refractivity contribution in [3.63, 3.8) is 0 Å². The van der Waals surface area contributed by atoms with Gasteiger partial charge in [0, 0.05) is 5.25 Å². The van der Waals surface area contributed by atoms with Crippen molar-refractivity contribution in [1.82, 2.24) is 0 Å². The molecule has 0 amide bonds. The monoisotopic (exact) mass is 416 g/mol. The second kappa shape index (κ2) is 10.9. The van der Waals surface area contributed by atoms with Crippen LogP contribution in [0.25, 0.3) is 0 Å². The molecule has 0 radical (unpaired) electrons. The highest BCUT2D eigenvalue weighted by Crippen LogP contribution is 2.34. The molecule has 2 rings (SSSR count). The average Bonchev–Trinajstić information content (AvgIpc) is 2.67. The number of hydrogen-bond acceptors (Lipinski definition) is 5. The molecule has 2 aromatic rings. The quantitative estimate of drug-likeness (QED) is 0.517. The van der Waals surface area contributed by atoms with E-state index in [1.165, 1.54) is 19.1 Å². The Kier molecular flexibility index (Phi) is 8.58. The third-order valence-electron chi connectivity index (χ3n) is 4.39. The maximum atomic E-state index is 13.3. The molecule has 0 saturated carbocycles. The summed E-state index contributed by atoms with van der Waals surface area (Å²) in [4.78, 5) is 34.4. The summed E-state index contributed by atoms with van der Waals surface area (Å²) in [6, 6.07) is 11.7. The fraction of sp³-hybridized carbons (Fsp3) is 0.348. The number of aryl methyl sites for hydroxylation is 2. The topological polar surface area (TPSA) is 60.4 Å². The first kappa shape index (κ1) is 22.8. The Hall–Kier alpha value is -2.47. The van der Waals surface area contributed by atoms with Crippen LogP contribution in [-0.2, 0) is 20.7 Å². The van der Waals surface area contributed by atoms with Gasteiger partial charge in [-0.2, -0.15) is 0 Å². The van der Waals surface area contributed by atoms with Crippen molar-refractivity contribution in [2.45, 2.75) is 38.9 Å². The lowest BCUT2D eigenvalue weighted by molar-refractivity contribution is -0.120. The van der Waals surface area contributed by atoms with Crippen LogP contribution in [0, 0.1) is 12.7 Å². The van der Waals surface area contributed by atoms with Gasteiger partial charge < -0.3 is 4.74 Å². The number of Topliss-reactive ketones (excluding diaryl/α,β-unsaturated/α-hetero) is 2. The van der Waals surface area contributed by atoms with Crippen molar-refractivity contribution < 1.29 is 23.5 Å². The largest absolute Gasteiger partial charge is 0.454 e. The van der Waals surface area contributed by atoms with Crippen molar-refractivity contribution in [2.24, 2.45) is 0 Å². The lowest BCUT2D eigenvalue weighted by Gasteiger charge is -2.17. The Morgan fingerprint density at radius 2 is 1.72 bits per heavy atom. The van der Waals surface area contributed by atoms with Crippen LogP contribution in [-0.4, -0.2) is 29.9 Å². The molecule has 0 aliphatic heterocycles. The standard InChI is InChI=1S/C23H25FO4S/c1-15-12-20(23(27)28-13-16(2)25)5-4-18(15)8-11-22(29-14-17(3)26)19-6-9-21(24)10-7-19/h4-7,9-10,12,22H,8,11,13-14H2,1-3H3. The van der Waals surface area contributed by atoms with Gasteiger partial charge in [0.1, 0.15) is 18.2 Å². The summed E-state index contributed by atoms with van der Waals surface area (Å²) < 4.78 is 18.2. The minimum absolute atomic E-state index is 0.0686. The van der Waals surface area contributed by atoms with Crippen LogP contribution in [0.3, 0.4) is 0 Å². The van der Waals surface area contributed by atoms with E-state index in [-0.39, 0.29) is 29.2 Å². The molecule has 0 aliphatic carbocycles. The minimum Gasteiger partial charge on any atom is -0.454 e. The first-order chi connectivity index (χ1) is 13.8. The zero-order valence-corrected chi connectivity index (χ0v) is 17.7. The molecule has 1 atom stereocenters. The van der Waals surface area contributed by atoms with E-state index in [0.29, 0.717) is 11.3 Å². The molecular weight excluding hydrogens is 391 g/mol. The van der Waals surface area contributed by atoms with E-state index in [9.17, 15) is 18.8 Å². The highest BCUT2D eigenvalue weighted by molar-refractivity contribution is 8.00. The molecule has 6 heteroatoms. The number of ether oxygens (including phenoxy) is 1. The Morgan fingerprint density at radius 3 is 2.31 bits per heavy atom. The number of halogens is 1. The third kappa shape index (κ3) is 7.46. The number of hydrogen-bond donors (Lipinski definition) is 0. The van der Waals surface area contributed by atoms with Crippen molar-refractivity contribution in [2.75, 3.05) is 12.4 Å². The predicted molar refractivity (Wildman–Crippen MR) is 113 cm³/mol. The molecule has 4 nitrogen and oxygen atoms in total. The van der Waals surface area contributed by atoms with Crippen LogP contribution in [0.5, 0.6) is 0 Å². The van der Waals surface area contributed by atoms with E-state index < -0.39 is 5.97 Å². The van der Waals surface area contributed by atoms with Crippen LogP contribution < -0.4 is 0 Å². The van der Waals surface area contributed by atoms with Gasteiger partial charge in [0.2, 0.25) is 0 Å². The molecule has 0 bridgehead atoms. The van der Waals surface area contributed by atoms with Crippen LogP contribution in [0.1, 0.15) is 52.6 Å². The van der Waals surface area contributed by atoms with Gasteiger partial charge in [-0.3, -0.25) is 9.59 Å². The van der Waals surface area contributed by atoms with Gasteiger partial charge in [0.25, 0.3) is 0 Å². The average molecular weight is 417 g/mol. The predicted octanol–water partition coefficient (Wildman–Crippen LogP) is 4.88. The van der Waals surface area contributed by atoms with Gasteiger partial charge >= 0.3 is 5.97 Å². The molecular formula is C23H25FO4S. The van der Waals surface area contributed by atoms with Crippen molar-refractivity contribution in [3.05, 3.63) is 70.5 Å². The maximum Gasteiger partial charge on any atom is 0.338 e. The van der Waals surface area contributed by atoms with Crippen LogP contribution in [0.15, 0.2) is 42.5 Å². The van der Waals surface area contributed by atoms with Gasteiger partial charge in [-0.25, -0.2) is 9.18 Å². The summed E-state index contributed by atoms with van der Waals surface area (Å²) in [7, 11) is 0. The Morgan fingerprint density at radius 1 is 1.03 bits per heavy atom. The van der Waals surface area contributed by atoms with Crippen LogP contribution in [0.2, 0.25) is 0 Å². The van der Waals surface area contributed by atoms with Crippen molar-refractivity contribution >= 4 is 29.3 Å². The number of thioether (sulfide) groups is 1. The molecule has 0 spiro atoms. The van der Waals surface area contributed by atoms with E-state index in [0.717, 1.165) is 29.5 Å². The lowest BCUT2D eigenvalue weighted by atomic mass is 9.98. The molecule has 0 aliphatic rings. The summed E-state index contributed by atoms with van der Waals surface area (Å²) in [5.41, 5.74) is 3.44. The fourth-order valence-corrected chi connectivity index (χ4v) is 3.95. The summed E-state index contributed by atoms with van der Waals surface area (Å²) in [5.74, 6) is -0.501. The molecule has 2 aromatic carbocycles. The maximum absolute atomic E-state index is 13.3. The van der Waals surface area contributed by atoms with Gasteiger partial charge in [-0.1, -0.05) is 18.2 Å². The van der Waals surface area contributed by atoms with Crippen LogP contribution in [0.4, 0.5) is 4.39 Å². The van der Waals surface area contributed by atoms with Crippen molar-refractivity contribution in [3.8, 4) is 0 Å².